The van der Waals surface area contributed by atoms with Gasteiger partial charge in [-0.1, -0.05) is 11.8 Å². The van der Waals surface area contributed by atoms with E-state index in [-0.39, 0.29) is 21.8 Å². The van der Waals surface area contributed by atoms with E-state index in [4.69, 9.17) is 0 Å². The summed E-state index contributed by atoms with van der Waals surface area (Å²) in [6.45, 7) is 1.18. The van der Waals surface area contributed by atoms with E-state index < -0.39 is 106 Å². The molecule has 18 nitrogen and oxygen atoms in total. The zero-order chi connectivity index (χ0) is 33.3. The second-order valence-corrected chi connectivity index (χ2v) is 12.0. The smallest absolute Gasteiger partial charge is 0.358 e. The van der Waals surface area contributed by atoms with Crippen LogP contribution in [0, 0.1) is 18.8 Å². The molecular weight excluding hydrogens is 636 g/mol. The van der Waals surface area contributed by atoms with Crippen molar-refractivity contribution < 1.29 is 79.6 Å². The number of fused-ring (bicyclic) bond motifs is 1. The summed E-state index contributed by atoms with van der Waals surface area (Å²) in [5.74, 6) is -13.0. The summed E-state index contributed by atoms with van der Waals surface area (Å²) in [6.07, 6.45) is 0. The summed E-state index contributed by atoms with van der Waals surface area (Å²) in [6, 6.07) is 1.84. The van der Waals surface area contributed by atoms with Gasteiger partial charge in [0.15, 0.2) is 40.4 Å². The molecule has 2 aromatic heterocycles. The average molecular weight is 657 g/mol. The van der Waals surface area contributed by atoms with Crippen molar-refractivity contribution in [1.82, 2.24) is 9.71 Å². The Hall–Kier alpha value is -5.30. The topological polar surface area (TPSA) is 342 Å². The summed E-state index contributed by atoms with van der Waals surface area (Å²) in [7, 11) is -5.26. The average Bonchev–Trinajstić information content (AvgIpc) is 3.58. The molecule has 0 amide bonds. The molecule has 44 heavy (non-hydrogen) atoms. The number of rotatable bonds is 6. The molecule has 234 valence electrons. The number of thiophene rings is 1. The normalized spacial score (nSPS) is 13.4. The predicted octanol–water partition coefficient (Wildman–Crippen LogP) is -0.823. The predicted molar refractivity (Wildman–Crippen MR) is 144 cm³/mol. The molecule has 0 saturated carbocycles. The number of hydrogen-bond donors (Lipinski definition) is 15. The number of aliphatic carboxylic acids is 1. The molecule has 0 aliphatic heterocycles. The van der Waals surface area contributed by atoms with Gasteiger partial charge in [0.05, 0.1) is 21.3 Å². The fraction of sp³-hybridized carbons (Fsp3) is 0.125. The summed E-state index contributed by atoms with van der Waals surface area (Å²) < 4.78 is 26.5. The highest BCUT2D eigenvalue weighted by molar-refractivity contribution is 7.91. The zero-order valence-electron chi connectivity index (χ0n) is 21.5. The highest BCUT2D eigenvalue weighted by Gasteiger charge is 2.61. The van der Waals surface area contributed by atoms with Crippen LogP contribution in [0.5, 0.6) is 51.9 Å². The van der Waals surface area contributed by atoms with E-state index in [2.05, 4.69) is 11.8 Å². The maximum absolute atomic E-state index is 13.1. The third-order valence-corrected chi connectivity index (χ3v) is 9.29. The Labute approximate surface area is 247 Å². The molecule has 0 spiro atoms. The number of benzene rings is 2. The molecule has 0 aliphatic carbocycles. The third-order valence-electron chi connectivity index (χ3n) is 6.36. The van der Waals surface area contributed by atoms with Crippen LogP contribution in [0.15, 0.2) is 16.3 Å². The third kappa shape index (κ3) is 4.52. The second-order valence-electron chi connectivity index (χ2n) is 9.05. The number of aromatic hydroxyl groups is 9. The first kappa shape index (κ1) is 31.6. The molecule has 2 aromatic carbocycles. The Morgan fingerprint density at radius 3 is 1.91 bits per heavy atom. The molecule has 4 rings (SSSR count). The molecule has 20 heteroatoms. The van der Waals surface area contributed by atoms with Crippen LogP contribution in [0.4, 0.5) is 0 Å². The van der Waals surface area contributed by atoms with Crippen molar-refractivity contribution in [2.45, 2.75) is 22.6 Å². The lowest BCUT2D eigenvalue weighted by Crippen LogP contribution is -2.67. The van der Waals surface area contributed by atoms with Crippen LogP contribution >= 0.6 is 11.3 Å². The summed E-state index contributed by atoms with van der Waals surface area (Å²) >= 11 is 0.287. The lowest BCUT2D eigenvalue weighted by atomic mass is 9.93. The SMILES string of the molecule is Cc1c(O)c(O)c(C#Cc2ccc(S(=O)(=O)NC(O)(C(=O)O)C(O)(O)c3c(O)[nH]c4c(O)c(O)c(O)c(O)c34)s2)c(O)c1O. The minimum absolute atomic E-state index is 0.160. The number of nitrogens with one attached hydrogen (secondary N) is 2. The van der Waals surface area contributed by atoms with E-state index in [0.717, 1.165) is 16.9 Å². The summed E-state index contributed by atoms with van der Waals surface area (Å²) in [5.41, 5.74) is -7.76. The number of carboxylic acid groups (broad SMARTS) is 1. The first-order valence-corrected chi connectivity index (χ1v) is 13.7. The highest BCUT2D eigenvalue weighted by atomic mass is 32.2. The number of aliphatic hydroxyl groups is 3. The standard InChI is InChI=1S/C24H20N2O16S2/c1-6-13(27)15(29)8(16(30)14(6)28)4-2-7-3-5-9(43-7)44(41,42)26-23(38,22(36)37)24(39,40)11-10-12(25-21(11)35)18(32)20(34)19(33)17(10)31/h3,5,25-35,38-40H,1H3,(H,36,37). The maximum atomic E-state index is 13.1. The minimum atomic E-state index is -5.26. The summed E-state index contributed by atoms with van der Waals surface area (Å²) in [5, 5.41) is 131. The van der Waals surface area contributed by atoms with Gasteiger partial charge >= 0.3 is 5.97 Å². The lowest BCUT2D eigenvalue weighted by molar-refractivity contribution is -0.285. The van der Waals surface area contributed by atoms with Crippen molar-refractivity contribution in [3.05, 3.63) is 33.7 Å². The minimum Gasteiger partial charge on any atom is -0.504 e. The van der Waals surface area contributed by atoms with Crippen molar-refractivity contribution in [3.8, 4) is 63.7 Å². The van der Waals surface area contributed by atoms with Crippen LogP contribution < -0.4 is 4.72 Å². The maximum Gasteiger partial charge on any atom is 0.358 e. The van der Waals surface area contributed by atoms with Gasteiger partial charge < -0.3 is 71.4 Å². The number of phenols is 8. The number of hydrogen-bond acceptors (Lipinski definition) is 16. The van der Waals surface area contributed by atoms with Gasteiger partial charge in [-0.2, -0.15) is 4.72 Å². The number of carboxylic acids is 1. The molecule has 0 fully saturated rings. The quantitative estimate of drug-likeness (QED) is 0.0521. The Balaban J connectivity index is 1.78. The van der Waals surface area contributed by atoms with Gasteiger partial charge in [0.2, 0.25) is 11.5 Å². The molecule has 0 bridgehead atoms. The zero-order valence-corrected chi connectivity index (χ0v) is 23.1. The van der Waals surface area contributed by atoms with E-state index >= 15 is 0 Å². The number of sulfonamides is 1. The molecule has 15 N–H and O–H groups in total. The number of carbonyl (C=O) groups is 1. The molecule has 1 unspecified atom stereocenters. The number of H-pyrrole nitrogens is 1. The van der Waals surface area contributed by atoms with Crippen molar-refractivity contribution in [1.29, 1.82) is 0 Å². The van der Waals surface area contributed by atoms with Gasteiger partial charge in [-0.15, -0.1) is 11.3 Å². The Bertz CT molecular complexity index is 2020. The Morgan fingerprint density at radius 2 is 1.36 bits per heavy atom. The van der Waals surface area contributed by atoms with Gasteiger partial charge in [0, 0.05) is 5.56 Å². The van der Waals surface area contributed by atoms with E-state index in [1.807, 2.05) is 4.98 Å². The molecular formula is C24H20N2O16S2. The van der Waals surface area contributed by atoms with E-state index in [1.54, 1.807) is 0 Å². The largest absolute Gasteiger partial charge is 0.504 e. The lowest BCUT2D eigenvalue weighted by Gasteiger charge is -2.35. The molecule has 0 saturated heterocycles. The first-order valence-electron chi connectivity index (χ1n) is 11.4. The number of phenolic OH excluding ortho intramolecular Hbond substituents is 8. The van der Waals surface area contributed by atoms with Gasteiger partial charge in [-0.3, -0.25) is 0 Å². The van der Waals surface area contributed by atoms with Crippen molar-refractivity contribution >= 4 is 38.2 Å². The van der Waals surface area contributed by atoms with Crippen molar-refractivity contribution in [3.63, 3.8) is 0 Å². The second kappa shape index (κ2) is 10.2. The Kier molecular flexibility index (Phi) is 7.30. The van der Waals surface area contributed by atoms with Crippen LogP contribution in [0.2, 0.25) is 0 Å². The summed E-state index contributed by atoms with van der Waals surface area (Å²) in [4.78, 5) is 13.8. The van der Waals surface area contributed by atoms with Crippen molar-refractivity contribution in [2.75, 3.05) is 0 Å². The molecule has 2 heterocycles. The first-order chi connectivity index (χ1) is 20.2. The van der Waals surface area contributed by atoms with Crippen LogP contribution in [0.3, 0.4) is 0 Å². The molecule has 0 aliphatic rings. The van der Waals surface area contributed by atoms with Gasteiger partial charge in [-0.05, 0) is 19.1 Å². The van der Waals surface area contributed by atoms with Crippen LogP contribution in [0.1, 0.15) is 21.6 Å². The fourth-order valence-electron chi connectivity index (χ4n) is 3.98. The number of aromatic amines is 1. The number of aromatic nitrogens is 1. The van der Waals surface area contributed by atoms with Gasteiger partial charge in [0.25, 0.3) is 21.5 Å². The van der Waals surface area contributed by atoms with Crippen LogP contribution in [-0.4, -0.2) is 91.5 Å². The van der Waals surface area contributed by atoms with Gasteiger partial charge in [0.1, 0.15) is 9.77 Å². The van der Waals surface area contributed by atoms with E-state index in [0.29, 0.717) is 0 Å². The van der Waals surface area contributed by atoms with E-state index in [1.165, 1.54) is 6.92 Å². The van der Waals surface area contributed by atoms with Crippen LogP contribution in [0.25, 0.3) is 10.9 Å². The van der Waals surface area contributed by atoms with Crippen LogP contribution in [-0.2, 0) is 20.6 Å². The Morgan fingerprint density at radius 1 is 0.818 bits per heavy atom. The molecule has 1 atom stereocenters. The van der Waals surface area contributed by atoms with Gasteiger partial charge in [-0.25, -0.2) is 13.2 Å². The van der Waals surface area contributed by atoms with E-state index in [9.17, 15) is 79.6 Å². The molecule has 4 aromatic rings. The molecule has 0 radical (unpaired) electrons. The fourth-order valence-corrected chi connectivity index (χ4v) is 6.37. The van der Waals surface area contributed by atoms with Crippen molar-refractivity contribution in [2.24, 2.45) is 0 Å². The monoisotopic (exact) mass is 656 g/mol. The highest BCUT2D eigenvalue weighted by Crippen LogP contribution is 2.54.